The summed E-state index contributed by atoms with van der Waals surface area (Å²) in [6.07, 6.45) is 1.68. The normalized spacial score (nSPS) is 10.6. The zero-order chi connectivity index (χ0) is 10.7. The van der Waals surface area contributed by atoms with Gasteiger partial charge in [0.05, 0.1) is 6.54 Å². The number of nitrogens with zero attached hydrogens (tertiary/aromatic N) is 1. The molecule has 0 spiro atoms. The van der Waals surface area contributed by atoms with Gasteiger partial charge in [-0.3, -0.25) is 9.59 Å². The van der Waals surface area contributed by atoms with Crippen molar-refractivity contribution < 1.29 is 4.79 Å². The predicted molar refractivity (Wildman–Crippen MR) is 55.5 cm³/mol. The van der Waals surface area contributed by atoms with Crippen molar-refractivity contribution in [3.05, 3.63) is 34.2 Å². The van der Waals surface area contributed by atoms with Crippen molar-refractivity contribution in [3.8, 4) is 0 Å². The van der Waals surface area contributed by atoms with Gasteiger partial charge in [-0.25, -0.2) is 0 Å². The Kier molecular flexibility index (Phi) is 3.23. The molecule has 1 heterocycles. The molecule has 0 saturated heterocycles. The van der Waals surface area contributed by atoms with Gasteiger partial charge in [0.25, 0.3) is 5.56 Å². The Balaban J connectivity index is 3.02. The van der Waals surface area contributed by atoms with Crippen LogP contribution in [0.3, 0.4) is 0 Å². The number of ketones is 1. The second kappa shape index (κ2) is 4.22. The molecule has 3 heteroatoms. The fourth-order valence-corrected chi connectivity index (χ4v) is 1.25. The summed E-state index contributed by atoms with van der Waals surface area (Å²) >= 11 is 0. The molecule has 1 aromatic rings. The second-order valence-electron chi connectivity index (χ2n) is 3.78. The number of pyridine rings is 1. The van der Waals surface area contributed by atoms with Gasteiger partial charge in [-0.05, 0) is 24.5 Å². The Labute approximate surface area is 83.4 Å². The van der Waals surface area contributed by atoms with Crippen LogP contribution < -0.4 is 5.56 Å². The maximum atomic E-state index is 11.5. The standard InChI is InChI=1S/C11H15NO2/c1-8(2)10-4-5-12(7-9(3)13)11(14)6-10/h4-6,8H,7H2,1-3H3. The number of Topliss-reactive ketones (excluding diaryl/α,β-unsaturated/α-hetero) is 1. The Hall–Kier alpha value is -1.38. The summed E-state index contributed by atoms with van der Waals surface area (Å²) in [5, 5.41) is 0. The van der Waals surface area contributed by atoms with Gasteiger partial charge in [-0.15, -0.1) is 0 Å². The third-order valence-corrected chi connectivity index (χ3v) is 2.08. The first-order valence-electron chi connectivity index (χ1n) is 4.70. The second-order valence-corrected chi connectivity index (χ2v) is 3.78. The Morgan fingerprint density at radius 1 is 1.50 bits per heavy atom. The van der Waals surface area contributed by atoms with Crippen molar-refractivity contribution >= 4 is 5.78 Å². The summed E-state index contributed by atoms with van der Waals surface area (Å²) in [4.78, 5) is 22.3. The van der Waals surface area contributed by atoms with E-state index in [9.17, 15) is 9.59 Å². The van der Waals surface area contributed by atoms with Crippen LogP contribution in [0.2, 0.25) is 0 Å². The molecule has 0 aromatic carbocycles. The van der Waals surface area contributed by atoms with Crippen molar-refractivity contribution in [2.75, 3.05) is 0 Å². The number of carbonyl (C=O) groups is 1. The van der Waals surface area contributed by atoms with Crippen LogP contribution in [0.25, 0.3) is 0 Å². The van der Waals surface area contributed by atoms with Gasteiger partial charge in [-0.2, -0.15) is 0 Å². The van der Waals surface area contributed by atoms with Gasteiger partial charge in [0.15, 0.2) is 0 Å². The van der Waals surface area contributed by atoms with Gasteiger partial charge >= 0.3 is 0 Å². The minimum absolute atomic E-state index is 0.00982. The molecule has 0 bridgehead atoms. The zero-order valence-corrected chi connectivity index (χ0v) is 8.78. The summed E-state index contributed by atoms with van der Waals surface area (Å²) in [7, 11) is 0. The Morgan fingerprint density at radius 3 is 2.57 bits per heavy atom. The van der Waals surface area contributed by atoms with Crippen LogP contribution in [0.4, 0.5) is 0 Å². The van der Waals surface area contributed by atoms with Crippen LogP contribution in [0.5, 0.6) is 0 Å². The molecule has 0 aliphatic rings. The van der Waals surface area contributed by atoms with Crippen molar-refractivity contribution in [1.29, 1.82) is 0 Å². The molecule has 1 aromatic heterocycles. The highest BCUT2D eigenvalue weighted by Gasteiger charge is 2.03. The van der Waals surface area contributed by atoms with E-state index in [0.29, 0.717) is 5.92 Å². The third-order valence-electron chi connectivity index (χ3n) is 2.08. The van der Waals surface area contributed by atoms with E-state index < -0.39 is 0 Å². The average Bonchev–Trinajstić information content (AvgIpc) is 2.07. The van der Waals surface area contributed by atoms with Crippen molar-refractivity contribution in [1.82, 2.24) is 4.57 Å². The molecule has 0 unspecified atom stereocenters. The van der Waals surface area contributed by atoms with E-state index in [0.717, 1.165) is 5.56 Å². The number of hydrogen-bond acceptors (Lipinski definition) is 2. The molecule has 0 atom stereocenters. The SMILES string of the molecule is CC(=O)Cn1ccc(C(C)C)cc1=O. The maximum absolute atomic E-state index is 11.5. The van der Waals surface area contributed by atoms with E-state index in [-0.39, 0.29) is 17.9 Å². The van der Waals surface area contributed by atoms with Gasteiger partial charge in [0, 0.05) is 12.3 Å². The summed E-state index contributed by atoms with van der Waals surface area (Å²) in [6, 6.07) is 3.47. The molecule has 0 aliphatic carbocycles. The quantitative estimate of drug-likeness (QED) is 0.730. The maximum Gasteiger partial charge on any atom is 0.251 e. The number of hydrogen-bond donors (Lipinski definition) is 0. The predicted octanol–water partition coefficient (Wildman–Crippen LogP) is 1.56. The molecule has 0 aliphatic heterocycles. The highest BCUT2D eigenvalue weighted by atomic mass is 16.1. The van der Waals surface area contributed by atoms with E-state index in [2.05, 4.69) is 0 Å². The first-order chi connectivity index (χ1) is 6.50. The lowest BCUT2D eigenvalue weighted by molar-refractivity contribution is -0.117. The first-order valence-corrected chi connectivity index (χ1v) is 4.70. The van der Waals surface area contributed by atoms with Gasteiger partial charge in [0.2, 0.25) is 0 Å². The van der Waals surface area contributed by atoms with Gasteiger partial charge in [-0.1, -0.05) is 13.8 Å². The monoisotopic (exact) mass is 193 g/mol. The fourth-order valence-electron chi connectivity index (χ4n) is 1.25. The molecule has 0 fully saturated rings. The molecule has 76 valence electrons. The van der Waals surface area contributed by atoms with Crippen LogP contribution in [-0.4, -0.2) is 10.4 Å². The minimum Gasteiger partial charge on any atom is -0.308 e. The van der Waals surface area contributed by atoms with E-state index in [4.69, 9.17) is 0 Å². The highest BCUT2D eigenvalue weighted by molar-refractivity contribution is 5.75. The fraction of sp³-hybridized carbons (Fsp3) is 0.455. The van der Waals surface area contributed by atoms with E-state index in [1.807, 2.05) is 19.9 Å². The van der Waals surface area contributed by atoms with Crippen molar-refractivity contribution in [2.24, 2.45) is 0 Å². The van der Waals surface area contributed by atoms with Crippen molar-refractivity contribution in [2.45, 2.75) is 33.2 Å². The molecule has 0 radical (unpaired) electrons. The lowest BCUT2D eigenvalue weighted by Crippen LogP contribution is -2.22. The van der Waals surface area contributed by atoms with Crippen LogP contribution in [0.15, 0.2) is 23.1 Å². The Morgan fingerprint density at radius 2 is 2.14 bits per heavy atom. The zero-order valence-electron chi connectivity index (χ0n) is 8.78. The highest BCUT2D eigenvalue weighted by Crippen LogP contribution is 2.10. The lowest BCUT2D eigenvalue weighted by Gasteiger charge is -2.07. The van der Waals surface area contributed by atoms with E-state index >= 15 is 0 Å². The molecule has 0 N–H and O–H groups in total. The van der Waals surface area contributed by atoms with Crippen molar-refractivity contribution in [3.63, 3.8) is 0 Å². The first kappa shape index (κ1) is 10.7. The molecular formula is C11H15NO2. The molecule has 1 rings (SSSR count). The smallest absolute Gasteiger partial charge is 0.251 e. The van der Waals surface area contributed by atoms with Crippen LogP contribution in [0.1, 0.15) is 32.3 Å². The van der Waals surface area contributed by atoms with Gasteiger partial charge in [0.1, 0.15) is 5.78 Å². The topological polar surface area (TPSA) is 39.1 Å². The summed E-state index contributed by atoms with van der Waals surface area (Å²) in [6.45, 7) is 5.70. The Bertz CT molecular complexity index is 391. The van der Waals surface area contributed by atoms with Crippen LogP contribution in [0, 0.1) is 0 Å². The average molecular weight is 193 g/mol. The van der Waals surface area contributed by atoms with Crippen LogP contribution in [-0.2, 0) is 11.3 Å². The molecule has 0 saturated carbocycles. The third kappa shape index (κ3) is 2.55. The lowest BCUT2D eigenvalue weighted by atomic mass is 10.1. The molecule has 14 heavy (non-hydrogen) atoms. The number of aromatic nitrogens is 1. The summed E-state index contributed by atoms with van der Waals surface area (Å²) in [5.74, 6) is 0.332. The largest absolute Gasteiger partial charge is 0.308 e. The minimum atomic E-state index is -0.105. The number of carbonyl (C=O) groups excluding carboxylic acids is 1. The molecule has 3 nitrogen and oxygen atoms in total. The molecular weight excluding hydrogens is 178 g/mol. The summed E-state index contributed by atoms with van der Waals surface area (Å²) < 4.78 is 1.42. The van der Waals surface area contributed by atoms with Gasteiger partial charge < -0.3 is 4.57 Å². The van der Waals surface area contributed by atoms with E-state index in [1.54, 1.807) is 12.3 Å². The van der Waals surface area contributed by atoms with Crippen LogP contribution >= 0.6 is 0 Å². The number of rotatable bonds is 3. The molecule has 0 amide bonds. The summed E-state index contributed by atoms with van der Waals surface area (Å²) in [5.41, 5.74) is 0.904. The van der Waals surface area contributed by atoms with E-state index in [1.165, 1.54) is 11.5 Å².